The second-order valence-corrected chi connectivity index (χ2v) is 7.45. The SMILES string of the molecule is COC(=O)NC(N)=Nc1cc(OS(=O)(=O)c2cccc(Cl)c2)ccc1NC(C)=O. The number of aliphatic imine (C=N–C) groups is 1. The number of methoxy groups -OCH3 is 1. The number of hydrogen-bond donors (Lipinski definition) is 3. The van der Waals surface area contributed by atoms with Crippen LogP contribution in [0.3, 0.4) is 0 Å². The fourth-order valence-electron chi connectivity index (χ4n) is 2.06. The largest absolute Gasteiger partial charge is 0.453 e. The van der Waals surface area contributed by atoms with Crippen molar-refractivity contribution in [3.8, 4) is 5.75 Å². The van der Waals surface area contributed by atoms with Gasteiger partial charge in [-0.15, -0.1) is 0 Å². The molecule has 2 aromatic rings. The molecule has 0 heterocycles. The van der Waals surface area contributed by atoms with Crippen LogP contribution in [0.15, 0.2) is 52.4 Å². The van der Waals surface area contributed by atoms with Crippen molar-refractivity contribution in [2.45, 2.75) is 11.8 Å². The van der Waals surface area contributed by atoms with E-state index in [9.17, 15) is 18.0 Å². The summed E-state index contributed by atoms with van der Waals surface area (Å²) in [5, 5.41) is 4.87. The monoisotopic (exact) mass is 440 g/mol. The quantitative estimate of drug-likeness (QED) is 0.367. The van der Waals surface area contributed by atoms with Gasteiger partial charge < -0.3 is 20.0 Å². The van der Waals surface area contributed by atoms with Crippen molar-refractivity contribution in [2.75, 3.05) is 12.4 Å². The number of nitrogens with two attached hydrogens (primary N) is 1. The van der Waals surface area contributed by atoms with E-state index >= 15 is 0 Å². The number of carbonyl (C=O) groups excluding carboxylic acids is 2. The van der Waals surface area contributed by atoms with Gasteiger partial charge >= 0.3 is 16.2 Å². The van der Waals surface area contributed by atoms with Gasteiger partial charge in [0.2, 0.25) is 11.9 Å². The zero-order chi connectivity index (χ0) is 21.6. The zero-order valence-electron chi connectivity index (χ0n) is 15.3. The Morgan fingerprint density at radius 3 is 2.52 bits per heavy atom. The van der Waals surface area contributed by atoms with E-state index in [-0.39, 0.29) is 33.0 Å². The summed E-state index contributed by atoms with van der Waals surface area (Å²) in [5.74, 6) is -0.858. The highest BCUT2D eigenvalue weighted by Crippen LogP contribution is 2.31. The molecule has 0 saturated heterocycles. The highest BCUT2D eigenvalue weighted by atomic mass is 35.5. The predicted molar refractivity (Wildman–Crippen MR) is 107 cm³/mol. The Hall–Kier alpha value is -3.31. The lowest BCUT2D eigenvalue weighted by Crippen LogP contribution is -2.36. The minimum absolute atomic E-state index is 0.0351. The van der Waals surface area contributed by atoms with Crippen LogP contribution >= 0.6 is 11.6 Å². The molecule has 0 fully saturated rings. The molecule has 0 radical (unpaired) electrons. The lowest BCUT2D eigenvalue weighted by Gasteiger charge is -2.11. The molecule has 2 rings (SSSR count). The number of benzene rings is 2. The third-order valence-electron chi connectivity index (χ3n) is 3.23. The summed E-state index contributed by atoms with van der Waals surface area (Å²) in [5.41, 5.74) is 5.86. The number of anilines is 1. The summed E-state index contributed by atoms with van der Waals surface area (Å²) < 4.78 is 34.4. The van der Waals surface area contributed by atoms with Crippen molar-refractivity contribution in [1.82, 2.24) is 5.32 Å². The average molecular weight is 441 g/mol. The van der Waals surface area contributed by atoms with Crippen LogP contribution in [0.1, 0.15) is 6.92 Å². The number of rotatable bonds is 5. The van der Waals surface area contributed by atoms with Crippen LogP contribution in [0.4, 0.5) is 16.2 Å². The summed E-state index contributed by atoms with van der Waals surface area (Å²) in [7, 11) is -3.04. The molecule has 0 aromatic heterocycles. The van der Waals surface area contributed by atoms with Crippen LogP contribution < -0.4 is 20.6 Å². The molecule has 29 heavy (non-hydrogen) atoms. The van der Waals surface area contributed by atoms with Crippen molar-refractivity contribution < 1.29 is 26.9 Å². The first-order chi connectivity index (χ1) is 13.6. The van der Waals surface area contributed by atoms with Gasteiger partial charge in [0.15, 0.2) is 0 Å². The standard InChI is InChI=1S/C17H17ClN4O6S/c1-10(23)20-14-7-6-12(9-15(14)21-16(19)22-17(24)27-2)28-29(25,26)13-5-3-4-11(18)8-13/h3-9H,1-2H3,(H,20,23)(H3,19,21,22,24). The topological polar surface area (TPSA) is 149 Å². The molecule has 0 aliphatic rings. The van der Waals surface area contributed by atoms with Crippen LogP contribution in [0.2, 0.25) is 5.02 Å². The zero-order valence-corrected chi connectivity index (χ0v) is 16.9. The van der Waals surface area contributed by atoms with Crippen LogP contribution in [-0.2, 0) is 19.6 Å². The van der Waals surface area contributed by atoms with Gasteiger partial charge in [-0.05, 0) is 30.3 Å². The molecular formula is C17H17ClN4O6S. The minimum Gasteiger partial charge on any atom is -0.453 e. The summed E-state index contributed by atoms with van der Waals surface area (Å²) in [6, 6.07) is 9.45. The minimum atomic E-state index is -4.18. The van der Waals surface area contributed by atoms with Crippen molar-refractivity contribution in [3.63, 3.8) is 0 Å². The number of ether oxygens (including phenoxy) is 1. The van der Waals surface area contributed by atoms with Crippen molar-refractivity contribution >= 4 is 51.1 Å². The van der Waals surface area contributed by atoms with Crippen LogP contribution in [-0.4, -0.2) is 33.5 Å². The normalized spacial score (nSPS) is 11.5. The molecule has 154 valence electrons. The highest BCUT2D eigenvalue weighted by molar-refractivity contribution is 7.87. The van der Waals surface area contributed by atoms with Crippen LogP contribution in [0, 0.1) is 0 Å². The second kappa shape index (κ2) is 9.26. The van der Waals surface area contributed by atoms with Crippen molar-refractivity contribution in [2.24, 2.45) is 10.7 Å². The molecule has 0 bridgehead atoms. The second-order valence-electron chi connectivity index (χ2n) is 5.47. The van der Waals surface area contributed by atoms with Gasteiger partial charge in [-0.2, -0.15) is 8.42 Å². The molecule has 0 unspecified atom stereocenters. The Labute approximate surface area is 171 Å². The van der Waals surface area contributed by atoms with Gasteiger partial charge in [-0.25, -0.2) is 9.79 Å². The smallest absolute Gasteiger partial charge is 0.413 e. The van der Waals surface area contributed by atoms with Crippen molar-refractivity contribution in [1.29, 1.82) is 0 Å². The number of hydrogen-bond acceptors (Lipinski definition) is 7. The van der Waals surface area contributed by atoms with E-state index in [1.807, 2.05) is 0 Å². The van der Waals surface area contributed by atoms with E-state index in [1.54, 1.807) is 0 Å². The summed E-state index contributed by atoms with van der Waals surface area (Å²) >= 11 is 5.82. The molecule has 4 N–H and O–H groups in total. The van der Waals surface area contributed by atoms with Gasteiger partial charge in [0, 0.05) is 18.0 Å². The first-order valence-electron chi connectivity index (χ1n) is 7.91. The molecule has 0 saturated carbocycles. The van der Waals surface area contributed by atoms with Gasteiger partial charge in [-0.3, -0.25) is 10.1 Å². The predicted octanol–water partition coefficient (Wildman–Crippen LogP) is 2.37. The van der Waals surface area contributed by atoms with Gasteiger partial charge in [0.25, 0.3) is 0 Å². The first kappa shape index (κ1) is 22.0. The van der Waals surface area contributed by atoms with E-state index in [0.717, 1.165) is 7.11 Å². The maximum Gasteiger partial charge on any atom is 0.413 e. The maximum atomic E-state index is 12.4. The summed E-state index contributed by atoms with van der Waals surface area (Å²) in [6.07, 6.45) is -0.858. The number of nitrogens with one attached hydrogen (secondary N) is 2. The molecule has 12 heteroatoms. The molecule has 0 spiro atoms. The van der Waals surface area contributed by atoms with Gasteiger partial charge in [0.05, 0.1) is 18.5 Å². The molecule has 0 aliphatic heterocycles. The fraction of sp³-hybridized carbons (Fsp3) is 0.118. The third-order valence-corrected chi connectivity index (χ3v) is 4.71. The Balaban J connectivity index is 2.40. The summed E-state index contributed by atoms with van der Waals surface area (Å²) in [6.45, 7) is 1.28. The lowest BCUT2D eigenvalue weighted by atomic mass is 10.2. The Morgan fingerprint density at radius 2 is 1.90 bits per heavy atom. The number of halogens is 1. The van der Waals surface area contributed by atoms with E-state index in [0.29, 0.717) is 0 Å². The fourth-order valence-corrected chi connectivity index (χ4v) is 3.29. The molecule has 0 atom stereocenters. The number of amides is 2. The molecule has 2 aromatic carbocycles. The Bertz CT molecular complexity index is 1070. The number of alkyl carbamates (subject to hydrolysis) is 1. The van der Waals surface area contributed by atoms with E-state index in [1.165, 1.54) is 49.4 Å². The number of guanidine groups is 1. The van der Waals surface area contributed by atoms with Gasteiger partial charge in [-0.1, -0.05) is 17.7 Å². The molecular weight excluding hydrogens is 424 g/mol. The maximum absolute atomic E-state index is 12.4. The summed E-state index contributed by atoms with van der Waals surface area (Å²) in [4.78, 5) is 26.4. The van der Waals surface area contributed by atoms with Gasteiger partial charge in [0.1, 0.15) is 10.6 Å². The molecule has 10 nitrogen and oxygen atoms in total. The first-order valence-corrected chi connectivity index (χ1v) is 9.70. The molecule has 0 aliphatic carbocycles. The molecule has 2 amide bonds. The number of nitrogens with zero attached hydrogens (tertiary/aromatic N) is 1. The van der Waals surface area contributed by atoms with E-state index in [4.69, 9.17) is 21.5 Å². The van der Waals surface area contributed by atoms with Crippen LogP contribution in [0.25, 0.3) is 0 Å². The average Bonchev–Trinajstić information content (AvgIpc) is 2.63. The highest BCUT2D eigenvalue weighted by Gasteiger charge is 2.18. The van der Waals surface area contributed by atoms with E-state index < -0.39 is 22.1 Å². The lowest BCUT2D eigenvalue weighted by molar-refractivity contribution is -0.114. The third kappa shape index (κ3) is 6.36. The Morgan fingerprint density at radius 1 is 1.17 bits per heavy atom. The van der Waals surface area contributed by atoms with Crippen molar-refractivity contribution in [3.05, 3.63) is 47.5 Å². The van der Waals surface area contributed by atoms with Crippen LogP contribution in [0.5, 0.6) is 5.75 Å². The van der Waals surface area contributed by atoms with E-state index in [2.05, 4.69) is 20.4 Å². The number of carbonyl (C=O) groups is 2. The Kier molecular flexibility index (Phi) is 7.02.